The first-order chi connectivity index (χ1) is 9.92. The van der Waals surface area contributed by atoms with Gasteiger partial charge >= 0.3 is 0 Å². The minimum atomic E-state index is -0.422. The van der Waals surface area contributed by atoms with Crippen LogP contribution in [0.1, 0.15) is 20.8 Å². The van der Waals surface area contributed by atoms with Gasteiger partial charge in [0.05, 0.1) is 19.7 Å². The number of methoxy groups -OCH3 is 1. The summed E-state index contributed by atoms with van der Waals surface area (Å²) in [6, 6.07) is 6.70. The van der Waals surface area contributed by atoms with Crippen molar-refractivity contribution in [2.24, 2.45) is 0 Å². The molecule has 116 valence electrons. The summed E-state index contributed by atoms with van der Waals surface area (Å²) in [6.07, 6.45) is 0. The van der Waals surface area contributed by atoms with Crippen molar-refractivity contribution in [3.63, 3.8) is 0 Å². The van der Waals surface area contributed by atoms with E-state index in [1.54, 1.807) is 38.3 Å². The molecule has 1 aromatic carbocycles. The molecule has 1 atom stereocenters. The van der Waals surface area contributed by atoms with Crippen LogP contribution in [0.2, 0.25) is 0 Å². The molecule has 1 rings (SSSR count). The quantitative estimate of drug-likeness (QED) is 0.704. The van der Waals surface area contributed by atoms with Gasteiger partial charge in [0.25, 0.3) is 0 Å². The molecule has 0 saturated heterocycles. The third-order valence-electron chi connectivity index (χ3n) is 2.77. The molecule has 21 heavy (non-hydrogen) atoms. The Morgan fingerprint density at radius 3 is 2.29 bits per heavy atom. The van der Waals surface area contributed by atoms with E-state index in [0.717, 1.165) is 5.75 Å². The zero-order chi connectivity index (χ0) is 15.8. The zero-order valence-corrected chi connectivity index (χ0v) is 12.9. The maximum absolute atomic E-state index is 11.8. The Balaban J connectivity index is 2.37. The Labute approximate surface area is 125 Å². The van der Waals surface area contributed by atoms with Crippen molar-refractivity contribution in [2.75, 3.05) is 19.0 Å². The predicted molar refractivity (Wildman–Crippen MR) is 82.4 cm³/mol. The highest BCUT2D eigenvalue weighted by Gasteiger charge is 2.14. The van der Waals surface area contributed by atoms with Gasteiger partial charge in [0.15, 0.2) is 0 Å². The average Bonchev–Trinajstić information content (AvgIpc) is 2.44. The third kappa shape index (κ3) is 6.27. The van der Waals surface area contributed by atoms with E-state index in [0.29, 0.717) is 5.69 Å². The number of hydrogen-bond donors (Lipinski definition) is 3. The van der Waals surface area contributed by atoms with Crippen molar-refractivity contribution in [3.8, 4) is 5.75 Å². The molecule has 0 bridgehead atoms. The smallest absolute Gasteiger partial charge is 0.238 e. The summed E-state index contributed by atoms with van der Waals surface area (Å²) in [5.74, 6) is 0.400. The van der Waals surface area contributed by atoms with E-state index in [1.165, 1.54) is 0 Å². The minimum Gasteiger partial charge on any atom is -0.497 e. The second-order valence-corrected chi connectivity index (χ2v) is 5.04. The lowest BCUT2D eigenvalue weighted by Gasteiger charge is -2.15. The van der Waals surface area contributed by atoms with E-state index in [1.807, 2.05) is 13.8 Å². The first-order valence-corrected chi connectivity index (χ1v) is 6.90. The summed E-state index contributed by atoms with van der Waals surface area (Å²) in [6.45, 7) is 5.57. The zero-order valence-electron chi connectivity index (χ0n) is 12.9. The monoisotopic (exact) mass is 293 g/mol. The molecule has 3 N–H and O–H groups in total. The highest BCUT2D eigenvalue weighted by Crippen LogP contribution is 2.14. The van der Waals surface area contributed by atoms with E-state index < -0.39 is 6.04 Å². The van der Waals surface area contributed by atoms with Crippen LogP contribution in [0.15, 0.2) is 24.3 Å². The third-order valence-corrected chi connectivity index (χ3v) is 2.77. The summed E-state index contributed by atoms with van der Waals surface area (Å²) in [4.78, 5) is 23.5. The molecular weight excluding hydrogens is 270 g/mol. The van der Waals surface area contributed by atoms with Gasteiger partial charge in [-0.25, -0.2) is 0 Å². The number of amides is 2. The molecule has 1 unspecified atom stereocenters. The Morgan fingerprint density at radius 2 is 1.76 bits per heavy atom. The maximum Gasteiger partial charge on any atom is 0.238 e. The van der Waals surface area contributed by atoms with E-state index in [9.17, 15) is 9.59 Å². The van der Waals surface area contributed by atoms with Crippen LogP contribution in [-0.2, 0) is 9.59 Å². The summed E-state index contributed by atoms with van der Waals surface area (Å²) in [5.41, 5.74) is 0.682. The van der Waals surface area contributed by atoms with Gasteiger partial charge in [0, 0.05) is 11.7 Å². The van der Waals surface area contributed by atoms with Gasteiger partial charge in [-0.05, 0) is 45.0 Å². The van der Waals surface area contributed by atoms with Gasteiger partial charge in [-0.15, -0.1) is 0 Å². The van der Waals surface area contributed by atoms with Crippen LogP contribution in [-0.4, -0.2) is 37.6 Å². The Hall–Kier alpha value is -2.08. The standard InChI is InChI=1S/C15H23N3O3/c1-10(2)17-15(20)11(3)16-9-14(19)18-12-5-7-13(21-4)8-6-12/h5-8,10-11,16H,9H2,1-4H3,(H,17,20)(H,18,19). The van der Waals surface area contributed by atoms with Gasteiger partial charge in [0.1, 0.15) is 5.75 Å². The number of rotatable bonds is 7. The van der Waals surface area contributed by atoms with Gasteiger partial charge in [0.2, 0.25) is 11.8 Å². The summed E-state index contributed by atoms with van der Waals surface area (Å²) < 4.78 is 5.04. The fourth-order valence-electron chi connectivity index (χ4n) is 1.63. The Morgan fingerprint density at radius 1 is 1.14 bits per heavy atom. The Kier molecular flexibility index (Phi) is 6.68. The van der Waals surface area contributed by atoms with Crippen LogP contribution in [0.5, 0.6) is 5.75 Å². The van der Waals surface area contributed by atoms with Gasteiger partial charge < -0.3 is 15.4 Å². The fraction of sp³-hybridized carbons (Fsp3) is 0.467. The average molecular weight is 293 g/mol. The number of carbonyl (C=O) groups is 2. The molecule has 0 radical (unpaired) electrons. The molecule has 0 aliphatic carbocycles. The highest BCUT2D eigenvalue weighted by atomic mass is 16.5. The van der Waals surface area contributed by atoms with Crippen LogP contribution in [0, 0.1) is 0 Å². The van der Waals surface area contributed by atoms with Crippen LogP contribution in [0.3, 0.4) is 0 Å². The molecule has 0 aliphatic heterocycles. The fourth-order valence-corrected chi connectivity index (χ4v) is 1.63. The van der Waals surface area contributed by atoms with Crippen LogP contribution in [0.25, 0.3) is 0 Å². The SMILES string of the molecule is COc1ccc(NC(=O)CNC(C)C(=O)NC(C)C)cc1. The van der Waals surface area contributed by atoms with Crippen molar-refractivity contribution in [1.82, 2.24) is 10.6 Å². The largest absolute Gasteiger partial charge is 0.497 e. The topological polar surface area (TPSA) is 79.5 Å². The molecule has 2 amide bonds. The van der Waals surface area contributed by atoms with E-state index >= 15 is 0 Å². The lowest BCUT2D eigenvalue weighted by molar-refractivity contribution is -0.123. The Bertz CT molecular complexity index is 472. The first-order valence-electron chi connectivity index (χ1n) is 6.90. The number of anilines is 1. The molecule has 0 aromatic heterocycles. The van der Waals surface area contributed by atoms with Crippen LogP contribution < -0.4 is 20.7 Å². The maximum atomic E-state index is 11.8. The highest BCUT2D eigenvalue weighted by molar-refractivity contribution is 5.92. The number of hydrogen-bond acceptors (Lipinski definition) is 4. The van der Waals surface area contributed by atoms with E-state index in [4.69, 9.17) is 4.74 Å². The lowest BCUT2D eigenvalue weighted by atomic mass is 10.2. The van der Waals surface area contributed by atoms with E-state index in [2.05, 4.69) is 16.0 Å². The molecule has 0 spiro atoms. The number of nitrogens with one attached hydrogen (secondary N) is 3. The van der Waals surface area contributed by atoms with Gasteiger partial charge in [-0.3, -0.25) is 14.9 Å². The number of carbonyl (C=O) groups excluding carboxylic acids is 2. The van der Waals surface area contributed by atoms with Crippen molar-refractivity contribution < 1.29 is 14.3 Å². The van der Waals surface area contributed by atoms with Crippen molar-refractivity contribution >= 4 is 17.5 Å². The molecule has 6 nitrogen and oxygen atoms in total. The molecule has 1 aromatic rings. The second kappa shape index (κ2) is 8.26. The minimum absolute atomic E-state index is 0.0682. The summed E-state index contributed by atoms with van der Waals surface area (Å²) in [5, 5.41) is 8.40. The number of ether oxygens (including phenoxy) is 1. The number of benzene rings is 1. The van der Waals surface area contributed by atoms with Crippen molar-refractivity contribution in [2.45, 2.75) is 32.9 Å². The van der Waals surface area contributed by atoms with Crippen molar-refractivity contribution in [3.05, 3.63) is 24.3 Å². The molecule has 0 fully saturated rings. The summed E-state index contributed by atoms with van der Waals surface area (Å²) >= 11 is 0. The predicted octanol–water partition coefficient (Wildman–Crippen LogP) is 1.14. The van der Waals surface area contributed by atoms with Gasteiger partial charge in [-0.2, -0.15) is 0 Å². The molecule has 0 aliphatic rings. The van der Waals surface area contributed by atoms with Crippen LogP contribution >= 0.6 is 0 Å². The second-order valence-electron chi connectivity index (χ2n) is 5.04. The van der Waals surface area contributed by atoms with Gasteiger partial charge in [-0.1, -0.05) is 0 Å². The van der Waals surface area contributed by atoms with Crippen LogP contribution in [0.4, 0.5) is 5.69 Å². The van der Waals surface area contributed by atoms with Crippen molar-refractivity contribution in [1.29, 1.82) is 0 Å². The normalized spacial score (nSPS) is 11.9. The molecular formula is C15H23N3O3. The molecule has 6 heteroatoms. The molecule has 0 heterocycles. The van der Waals surface area contributed by atoms with E-state index in [-0.39, 0.29) is 24.4 Å². The summed E-state index contributed by atoms with van der Waals surface area (Å²) in [7, 11) is 1.58. The first kappa shape index (κ1) is 17.0. The lowest BCUT2D eigenvalue weighted by Crippen LogP contribution is -2.46. The molecule has 0 saturated carbocycles.